The maximum absolute atomic E-state index is 15.0. The zero-order chi connectivity index (χ0) is 40.5. The Morgan fingerprint density at radius 1 is 1.09 bits per heavy atom. The van der Waals surface area contributed by atoms with Gasteiger partial charge in [-0.15, -0.1) is 8.78 Å². The van der Waals surface area contributed by atoms with Gasteiger partial charge in [0.1, 0.15) is 23.7 Å². The first-order valence-electron chi connectivity index (χ1n) is 18.9. The summed E-state index contributed by atoms with van der Waals surface area (Å²) < 4.78 is 71.6. The normalized spacial score (nSPS) is 30.9. The molecule has 3 N–H and O–H groups in total. The number of fused-ring (bicyclic) bond motifs is 5. The molecule has 0 unspecified atom stereocenters. The van der Waals surface area contributed by atoms with Crippen LogP contribution in [0, 0.1) is 17.8 Å². The predicted molar refractivity (Wildman–Crippen MR) is 196 cm³/mol. The van der Waals surface area contributed by atoms with E-state index in [9.17, 15) is 41.5 Å². The van der Waals surface area contributed by atoms with E-state index in [4.69, 9.17) is 9.47 Å². The van der Waals surface area contributed by atoms with E-state index in [0.717, 1.165) is 4.90 Å². The van der Waals surface area contributed by atoms with Gasteiger partial charge in [-0.1, -0.05) is 26.0 Å². The molecule has 3 aliphatic heterocycles. The minimum Gasteiger partial charge on any atom is -0.472 e. The summed E-state index contributed by atoms with van der Waals surface area (Å²) in [6.45, 7) is 8.68. The molecule has 1 aromatic heterocycles. The van der Waals surface area contributed by atoms with Crippen molar-refractivity contribution in [1.82, 2.24) is 24.8 Å². The molecule has 7 atom stereocenters. The number of alkyl halides is 2. The minimum atomic E-state index is -3.97. The Hall–Kier alpha value is -4.74. The lowest BCUT2D eigenvalue weighted by Gasteiger charge is -2.43. The van der Waals surface area contributed by atoms with E-state index in [2.05, 4.69) is 19.8 Å². The van der Waals surface area contributed by atoms with Gasteiger partial charge in [-0.25, -0.2) is 18.2 Å². The molecule has 0 radical (unpaired) electrons. The van der Waals surface area contributed by atoms with Crippen molar-refractivity contribution in [3.63, 3.8) is 0 Å². The lowest BCUT2D eigenvalue weighted by atomic mass is 9.85. The third-order valence-electron chi connectivity index (χ3n) is 11.3. The SMILES string of the molecule is C[C@@H]1CC/C=C\[C@@H]2C[C@@]2(C(=O)NS(=O)(=O)C2CC2)NC(=O)[C@@H]2C[C@@H](Oc3nccc4c5c(ccc34)OC(F)(F)O5)CN2C(=O)[C@@H](N(C(=O)O)C(C)(C)C)[C@H](C)C1. The summed E-state index contributed by atoms with van der Waals surface area (Å²) in [5.74, 6) is -3.60. The molecule has 1 saturated heterocycles. The fourth-order valence-electron chi connectivity index (χ4n) is 8.35. The smallest absolute Gasteiger partial charge is 0.472 e. The molecule has 0 bridgehead atoms. The molecule has 15 nitrogen and oxygen atoms in total. The number of hydrogen-bond acceptors (Lipinski definition) is 10. The average Bonchev–Trinajstić information content (AvgIpc) is 4.00. The average molecular weight is 804 g/mol. The van der Waals surface area contributed by atoms with Crippen LogP contribution in [-0.2, 0) is 24.4 Å². The Bertz CT molecular complexity index is 2090. The maximum atomic E-state index is 15.0. The number of rotatable bonds is 6. The van der Waals surface area contributed by atoms with Gasteiger partial charge in [0.25, 0.3) is 5.91 Å². The highest BCUT2D eigenvalue weighted by Gasteiger charge is 2.62. The number of halogens is 2. The predicted octanol–water partition coefficient (Wildman–Crippen LogP) is 4.55. The van der Waals surface area contributed by atoms with Gasteiger partial charge in [0.15, 0.2) is 11.5 Å². The highest BCUT2D eigenvalue weighted by molar-refractivity contribution is 7.91. The van der Waals surface area contributed by atoms with E-state index in [1.807, 2.05) is 26.0 Å². The fraction of sp³-hybridized carbons (Fsp3) is 0.605. The number of carboxylic acid groups (broad SMARTS) is 1. The van der Waals surface area contributed by atoms with Crippen LogP contribution < -0.4 is 24.2 Å². The standard InChI is InChI=1S/C38H47F2N5O10S/c1-20-8-6-7-9-22-18-37(22,34(48)43-56(51,52)24-10-11-24)42-31(46)27-17-23(19-44(27)33(47)29(21(2)16-20)45(35(49)50)36(3,4)5)53-32-26-12-13-28-30(25(26)14-15-41-32)55-38(39,40)54-28/h7,9,12-15,20-24,27,29H,6,8,10-11,16-19H2,1-5H3,(H,42,46)(H,43,48)(H,49,50)/b9-7-/t20-,21-,22-,23-,27+,29+,37-/m1/s1. The highest BCUT2D eigenvalue weighted by atomic mass is 32.2. The van der Waals surface area contributed by atoms with E-state index in [0.29, 0.717) is 32.1 Å². The largest absolute Gasteiger partial charge is 0.586 e. The second-order valence-corrected chi connectivity index (χ2v) is 18.8. The number of hydrogen-bond donors (Lipinski definition) is 3. The maximum Gasteiger partial charge on any atom is 0.586 e. The molecule has 5 aliphatic rings. The molecule has 2 aromatic rings. The van der Waals surface area contributed by atoms with Gasteiger partial charge in [0.05, 0.1) is 11.8 Å². The summed E-state index contributed by atoms with van der Waals surface area (Å²) in [5, 5.41) is 13.2. The van der Waals surface area contributed by atoms with Gasteiger partial charge in [0.2, 0.25) is 27.7 Å². The second-order valence-electron chi connectivity index (χ2n) is 16.8. The molecule has 18 heteroatoms. The Labute approximate surface area is 323 Å². The number of pyridine rings is 1. The molecular weight excluding hydrogens is 757 g/mol. The van der Waals surface area contributed by atoms with Crippen LogP contribution in [-0.4, -0.2) is 99.5 Å². The lowest BCUT2D eigenvalue weighted by Crippen LogP contribution is -2.62. The lowest BCUT2D eigenvalue weighted by molar-refractivity contribution is -0.286. The molecule has 2 aliphatic carbocycles. The van der Waals surface area contributed by atoms with Crippen LogP contribution in [0.2, 0.25) is 0 Å². The van der Waals surface area contributed by atoms with E-state index >= 15 is 0 Å². The number of carbonyl (C=O) groups excluding carboxylic acids is 3. The molecular formula is C38H47F2N5O10S. The second kappa shape index (κ2) is 14.0. The van der Waals surface area contributed by atoms with Crippen LogP contribution in [0.5, 0.6) is 17.4 Å². The summed E-state index contributed by atoms with van der Waals surface area (Å²) in [7, 11) is -3.97. The topological polar surface area (TPSA) is 194 Å². The summed E-state index contributed by atoms with van der Waals surface area (Å²) in [6, 6.07) is 1.70. The number of amides is 4. The van der Waals surface area contributed by atoms with Crippen molar-refractivity contribution in [3.05, 3.63) is 36.5 Å². The van der Waals surface area contributed by atoms with Crippen molar-refractivity contribution >= 4 is 44.6 Å². The molecule has 7 rings (SSSR count). The first-order chi connectivity index (χ1) is 26.2. The molecule has 1 aromatic carbocycles. The Morgan fingerprint density at radius 2 is 1.82 bits per heavy atom. The van der Waals surface area contributed by atoms with Crippen LogP contribution in [0.4, 0.5) is 13.6 Å². The van der Waals surface area contributed by atoms with E-state index < -0.39 is 86.5 Å². The van der Waals surface area contributed by atoms with Crippen molar-refractivity contribution in [3.8, 4) is 17.4 Å². The van der Waals surface area contributed by atoms with Crippen molar-refractivity contribution in [1.29, 1.82) is 0 Å². The number of benzene rings is 1. The summed E-state index contributed by atoms with van der Waals surface area (Å²) in [6.07, 6.45) is 1.56. The van der Waals surface area contributed by atoms with Gasteiger partial charge in [-0.05, 0) is 89.3 Å². The number of nitrogens with zero attached hydrogens (tertiary/aromatic N) is 3. The summed E-state index contributed by atoms with van der Waals surface area (Å²) in [4.78, 5) is 63.0. The first kappa shape index (κ1) is 39.5. The number of nitrogens with one attached hydrogen (secondary N) is 2. The third-order valence-corrected chi connectivity index (χ3v) is 13.2. The van der Waals surface area contributed by atoms with Gasteiger partial charge in [-0.3, -0.25) is 24.0 Å². The Morgan fingerprint density at radius 3 is 2.50 bits per heavy atom. The molecule has 56 heavy (non-hydrogen) atoms. The number of carbonyl (C=O) groups is 4. The monoisotopic (exact) mass is 803 g/mol. The molecule has 4 amide bonds. The molecule has 0 spiro atoms. The number of ether oxygens (including phenoxy) is 3. The van der Waals surface area contributed by atoms with Crippen LogP contribution in [0.15, 0.2) is 36.5 Å². The zero-order valence-corrected chi connectivity index (χ0v) is 32.6. The summed E-state index contributed by atoms with van der Waals surface area (Å²) >= 11 is 0. The Balaban J connectivity index is 1.26. The van der Waals surface area contributed by atoms with E-state index in [1.165, 1.54) is 29.3 Å². The van der Waals surface area contributed by atoms with Crippen LogP contribution in [0.3, 0.4) is 0 Å². The van der Waals surface area contributed by atoms with E-state index in [-0.39, 0.29) is 53.5 Å². The van der Waals surface area contributed by atoms with Crippen molar-refractivity contribution in [2.24, 2.45) is 17.8 Å². The highest BCUT2D eigenvalue weighted by Crippen LogP contribution is 2.48. The van der Waals surface area contributed by atoms with Crippen LogP contribution in [0.1, 0.15) is 79.6 Å². The van der Waals surface area contributed by atoms with Crippen molar-refractivity contribution in [2.75, 3.05) is 6.54 Å². The quantitative estimate of drug-likeness (QED) is 0.347. The number of aromatic nitrogens is 1. The van der Waals surface area contributed by atoms with Gasteiger partial charge >= 0.3 is 12.4 Å². The Kier molecular flexibility index (Phi) is 9.89. The van der Waals surface area contributed by atoms with Gasteiger partial charge in [0, 0.05) is 34.8 Å². The van der Waals surface area contributed by atoms with Crippen LogP contribution in [0.25, 0.3) is 10.8 Å². The van der Waals surface area contributed by atoms with Gasteiger partial charge in [-0.2, -0.15) is 0 Å². The van der Waals surface area contributed by atoms with E-state index in [1.54, 1.807) is 20.8 Å². The first-order valence-corrected chi connectivity index (χ1v) is 20.5. The molecule has 4 heterocycles. The molecule has 3 fully saturated rings. The zero-order valence-electron chi connectivity index (χ0n) is 31.8. The van der Waals surface area contributed by atoms with Crippen molar-refractivity contribution in [2.45, 2.75) is 120 Å². The van der Waals surface area contributed by atoms with Gasteiger partial charge < -0.3 is 29.5 Å². The van der Waals surface area contributed by atoms with Crippen molar-refractivity contribution < 1.29 is 55.7 Å². The minimum absolute atomic E-state index is 0.00108. The molecule has 304 valence electrons. The fourth-order valence-corrected chi connectivity index (χ4v) is 9.72. The number of sulfonamides is 1. The van der Waals surface area contributed by atoms with Crippen LogP contribution >= 0.6 is 0 Å². The third kappa shape index (κ3) is 7.55. The molecule has 2 saturated carbocycles. The number of allylic oxidation sites excluding steroid dienone is 1. The summed E-state index contributed by atoms with van der Waals surface area (Å²) in [5.41, 5.74) is -2.64.